The lowest BCUT2D eigenvalue weighted by molar-refractivity contribution is 0.345. The molecule has 1 atom stereocenters. The fraction of sp³-hybridized carbons (Fsp3) is 0.385. The van der Waals surface area contributed by atoms with Crippen molar-refractivity contribution < 1.29 is 4.74 Å². The number of ether oxygens (including phenoxy) is 1. The molecule has 0 bridgehead atoms. The highest BCUT2D eigenvalue weighted by atomic mass is 79.9. The van der Waals surface area contributed by atoms with Crippen LogP contribution in [0.2, 0.25) is 0 Å². The number of benzene rings is 1. The van der Waals surface area contributed by atoms with E-state index >= 15 is 0 Å². The highest BCUT2D eigenvalue weighted by Crippen LogP contribution is 2.28. The summed E-state index contributed by atoms with van der Waals surface area (Å²) in [6, 6.07) is 6.24. The molecule has 1 aromatic carbocycles. The van der Waals surface area contributed by atoms with Gasteiger partial charge in [0.25, 0.3) is 0 Å². The minimum absolute atomic E-state index is 0.239. The molecule has 0 aromatic heterocycles. The van der Waals surface area contributed by atoms with Crippen LogP contribution in [0.1, 0.15) is 25.5 Å². The van der Waals surface area contributed by atoms with Gasteiger partial charge in [-0.1, -0.05) is 27.5 Å². The third-order valence-electron chi connectivity index (χ3n) is 2.51. The minimum atomic E-state index is 0.239. The Balaban J connectivity index is 2.90. The van der Waals surface area contributed by atoms with Crippen LogP contribution < -0.4 is 10.1 Å². The second-order valence-electron chi connectivity index (χ2n) is 3.94. The van der Waals surface area contributed by atoms with Gasteiger partial charge in [0.1, 0.15) is 12.4 Å². The summed E-state index contributed by atoms with van der Waals surface area (Å²) in [6.07, 6.45) is 0. The predicted molar refractivity (Wildman–Crippen MR) is 76.7 cm³/mol. The van der Waals surface area contributed by atoms with Crippen molar-refractivity contribution in [2.75, 3.05) is 13.7 Å². The molecular weight excluding hydrogens is 302 g/mol. The van der Waals surface area contributed by atoms with Gasteiger partial charge in [-0.2, -0.15) is 0 Å². The molecule has 1 unspecified atom stereocenters. The molecular formula is C13H17BrClNO. The second kappa shape index (κ2) is 7.04. The smallest absolute Gasteiger partial charge is 0.124 e. The summed E-state index contributed by atoms with van der Waals surface area (Å²) in [4.78, 5) is 0. The van der Waals surface area contributed by atoms with Gasteiger partial charge in [-0.05, 0) is 44.7 Å². The molecule has 2 nitrogen and oxygen atoms in total. The third kappa shape index (κ3) is 4.34. The summed E-state index contributed by atoms with van der Waals surface area (Å²) in [5.41, 5.74) is 3.67. The average molecular weight is 319 g/mol. The van der Waals surface area contributed by atoms with E-state index in [1.54, 1.807) is 5.54 Å². The first-order chi connectivity index (χ1) is 8.08. The maximum Gasteiger partial charge on any atom is 0.124 e. The summed E-state index contributed by atoms with van der Waals surface area (Å²) in [5, 5.41) is 3.21. The zero-order valence-corrected chi connectivity index (χ0v) is 12.6. The molecule has 0 heterocycles. The Bertz CT molecular complexity index is 406. The molecule has 0 saturated heterocycles. The molecule has 0 radical (unpaired) electrons. The molecule has 1 N–H and O–H groups in total. The van der Waals surface area contributed by atoms with Crippen molar-refractivity contribution in [3.63, 3.8) is 0 Å². The van der Waals surface area contributed by atoms with E-state index in [1.165, 1.54) is 0 Å². The van der Waals surface area contributed by atoms with Gasteiger partial charge in [0, 0.05) is 21.6 Å². The van der Waals surface area contributed by atoms with Gasteiger partial charge in [-0.15, -0.1) is 0 Å². The van der Waals surface area contributed by atoms with Crippen LogP contribution in [0.5, 0.6) is 5.75 Å². The first-order valence-corrected chi connectivity index (χ1v) is 6.66. The third-order valence-corrected chi connectivity index (χ3v) is 3.38. The van der Waals surface area contributed by atoms with Crippen molar-refractivity contribution in [1.29, 1.82) is 0 Å². The lowest BCUT2D eigenvalue weighted by Gasteiger charge is -2.17. The second-order valence-corrected chi connectivity index (χ2v) is 5.07. The molecule has 0 fully saturated rings. The maximum atomic E-state index is 5.75. The quantitative estimate of drug-likeness (QED) is 0.876. The van der Waals surface area contributed by atoms with Gasteiger partial charge in [0.05, 0.1) is 0 Å². The molecule has 0 amide bonds. The van der Waals surface area contributed by atoms with E-state index in [0.717, 1.165) is 21.4 Å². The number of nitrogens with one attached hydrogen (secondary N) is 1. The fourth-order valence-electron chi connectivity index (χ4n) is 1.37. The van der Waals surface area contributed by atoms with Crippen molar-refractivity contribution >= 4 is 27.5 Å². The number of rotatable bonds is 5. The summed E-state index contributed by atoms with van der Waals surface area (Å²) < 4.78 is 6.80. The zero-order valence-electron chi connectivity index (χ0n) is 10.3. The largest absolute Gasteiger partial charge is 0.489 e. The molecule has 0 spiro atoms. The van der Waals surface area contributed by atoms with E-state index in [9.17, 15) is 0 Å². The average Bonchev–Trinajstić information content (AvgIpc) is 2.35. The Labute approximate surface area is 116 Å². The summed E-state index contributed by atoms with van der Waals surface area (Å²) >= 11 is 9.08. The zero-order chi connectivity index (χ0) is 12.8. The van der Waals surface area contributed by atoms with Crippen LogP contribution in [-0.2, 0) is 0 Å². The first-order valence-electron chi connectivity index (χ1n) is 5.43. The molecule has 0 aliphatic heterocycles. The van der Waals surface area contributed by atoms with Crippen LogP contribution in [0.4, 0.5) is 0 Å². The fourth-order valence-corrected chi connectivity index (χ4v) is 1.81. The molecule has 1 aromatic rings. The predicted octanol–water partition coefficient (Wildman–Crippen LogP) is 4.25. The van der Waals surface area contributed by atoms with E-state index in [4.69, 9.17) is 16.3 Å². The van der Waals surface area contributed by atoms with Crippen molar-refractivity contribution in [3.8, 4) is 5.75 Å². The van der Waals surface area contributed by atoms with Crippen LogP contribution in [0.15, 0.2) is 33.8 Å². The first kappa shape index (κ1) is 14.6. The highest BCUT2D eigenvalue weighted by Gasteiger charge is 2.10. The highest BCUT2D eigenvalue weighted by molar-refractivity contribution is 9.10. The van der Waals surface area contributed by atoms with Crippen LogP contribution >= 0.6 is 27.5 Å². The van der Waals surface area contributed by atoms with Crippen LogP contribution in [0, 0.1) is 0 Å². The van der Waals surface area contributed by atoms with Crippen molar-refractivity contribution in [3.05, 3.63) is 39.3 Å². The molecule has 94 valence electrons. The van der Waals surface area contributed by atoms with Gasteiger partial charge >= 0.3 is 0 Å². The van der Waals surface area contributed by atoms with Crippen molar-refractivity contribution in [2.24, 2.45) is 0 Å². The number of hydrogen-bond donors (Lipinski definition) is 1. The van der Waals surface area contributed by atoms with Crippen molar-refractivity contribution in [2.45, 2.75) is 19.9 Å². The van der Waals surface area contributed by atoms with Crippen LogP contribution in [0.3, 0.4) is 0 Å². The van der Waals surface area contributed by atoms with Gasteiger partial charge in [-0.25, -0.2) is 0 Å². The van der Waals surface area contributed by atoms with Crippen LogP contribution in [0.25, 0.3) is 0 Å². The molecule has 0 aliphatic carbocycles. The summed E-state index contributed by atoms with van der Waals surface area (Å²) in [7, 11) is 1.93. The van der Waals surface area contributed by atoms with E-state index < -0.39 is 0 Å². The minimum Gasteiger partial charge on any atom is -0.489 e. The standard InChI is InChI=1S/C13H17BrClNO/c1-9(7-15)8-17-13-5-4-11(14)6-12(13)10(2)16-3/h4-7,10,16H,8H2,1-3H3/b9-7+. The number of hydrogen-bond acceptors (Lipinski definition) is 2. The Kier molecular flexibility index (Phi) is 6.03. The normalized spacial score (nSPS) is 13.6. The molecule has 1 rings (SSSR count). The molecule has 0 aliphatic rings. The SMILES string of the molecule is CNC(C)c1cc(Br)ccc1OC/C(C)=C/Cl. The summed E-state index contributed by atoms with van der Waals surface area (Å²) in [5.74, 6) is 0.882. The number of halogens is 2. The van der Waals surface area contributed by atoms with Gasteiger partial charge in [-0.3, -0.25) is 0 Å². The Hall–Kier alpha value is -0.510. The van der Waals surface area contributed by atoms with E-state index in [1.807, 2.05) is 26.1 Å². The van der Waals surface area contributed by atoms with E-state index in [-0.39, 0.29) is 6.04 Å². The monoisotopic (exact) mass is 317 g/mol. The lowest BCUT2D eigenvalue weighted by Crippen LogP contribution is -2.14. The summed E-state index contributed by atoms with van der Waals surface area (Å²) in [6.45, 7) is 4.54. The van der Waals surface area contributed by atoms with Gasteiger partial charge in [0.15, 0.2) is 0 Å². The van der Waals surface area contributed by atoms with Crippen LogP contribution in [-0.4, -0.2) is 13.7 Å². The van der Waals surface area contributed by atoms with Crippen molar-refractivity contribution in [1.82, 2.24) is 5.32 Å². The maximum absolute atomic E-state index is 5.75. The topological polar surface area (TPSA) is 21.3 Å². The van der Waals surface area contributed by atoms with Gasteiger partial charge in [0.2, 0.25) is 0 Å². The van der Waals surface area contributed by atoms with E-state index in [2.05, 4.69) is 34.2 Å². The molecule has 4 heteroatoms. The lowest BCUT2D eigenvalue weighted by atomic mass is 10.1. The Morgan fingerprint density at radius 3 is 2.88 bits per heavy atom. The molecule has 0 saturated carbocycles. The molecule has 17 heavy (non-hydrogen) atoms. The van der Waals surface area contributed by atoms with E-state index in [0.29, 0.717) is 6.61 Å². The Morgan fingerprint density at radius 1 is 1.59 bits per heavy atom. The van der Waals surface area contributed by atoms with Gasteiger partial charge < -0.3 is 10.1 Å². The Morgan fingerprint density at radius 2 is 2.29 bits per heavy atom.